The Kier molecular flexibility index (Phi) is 7.25. The molecule has 1 aliphatic carbocycles. The maximum atomic E-state index is 12.5. The van der Waals surface area contributed by atoms with E-state index in [1.165, 1.54) is 6.07 Å². The summed E-state index contributed by atoms with van der Waals surface area (Å²) >= 11 is 0. The van der Waals surface area contributed by atoms with E-state index in [-0.39, 0.29) is 29.3 Å². The third kappa shape index (κ3) is 5.44. The molecule has 2 N–H and O–H groups in total. The standard InChI is InChI=1S/C21H31N3O4/c1-2-24-9-6-17(13-19(24)25)21(27)23-18-5-3-4-15(12-18)14-22-20(26)16-7-10-28-11-8-16/h6,9,13,15-16,18H,2-5,7-8,10-12,14H2,1H3,(H,22,26)(H,23,27)/t15-,18+/m1/s1. The minimum Gasteiger partial charge on any atom is -0.381 e. The summed E-state index contributed by atoms with van der Waals surface area (Å²) in [6.45, 7) is 4.47. The van der Waals surface area contributed by atoms with Crippen molar-refractivity contribution in [2.24, 2.45) is 11.8 Å². The lowest BCUT2D eigenvalue weighted by Crippen LogP contribution is -2.42. The number of aromatic nitrogens is 1. The first-order valence-electron chi connectivity index (χ1n) is 10.4. The number of hydrogen-bond donors (Lipinski definition) is 2. The number of ether oxygens (including phenoxy) is 1. The third-order valence-electron chi connectivity index (χ3n) is 5.87. The van der Waals surface area contributed by atoms with E-state index in [2.05, 4.69) is 10.6 Å². The highest BCUT2D eigenvalue weighted by Gasteiger charge is 2.26. The number of carbonyl (C=O) groups is 2. The van der Waals surface area contributed by atoms with Crippen LogP contribution in [0.5, 0.6) is 0 Å². The molecule has 7 nitrogen and oxygen atoms in total. The second-order valence-corrected chi connectivity index (χ2v) is 7.87. The Balaban J connectivity index is 1.47. The summed E-state index contributed by atoms with van der Waals surface area (Å²) in [5, 5.41) is 6.16. The molecule has 0 spiro atoms. The van der Waals surface area contributed by atoms with Crippen LogP contribution in [-0.4, -0.2) is 42.2 Å². The zero-order valence-electron chi connectivity index (χ0n) is 16.6. The predicted molar refractivity (Wildman–Crippen MR) is 106 cm³/mol. The van der Waals surface area contributed by atoms with Gasteiger partial charge in [0.25, 0.3) is 11.5 Å². The summed E-state index contributed by atoms with van der Waals surface area (Å²) in [6.07, 6.45) is 7.13. The van der Waals surface area contributed by atoms with E-state index in [1.807, 2.05) is 6.92 Å². The van der Waals surface area contributed by atoms with E-state index in [9.17, 15) is 14.4 Å². The van der Waals surface area contributed by atoms with Crippen LogP contribution in [-0.2, 0) is 16.1 Å². The normalized spacial score (nSPS) is 23.2. The fraction of sp³-hybridized carbons (Fsp3) is 0.667. The molecule has 1 aliphatic heterocycles. The van der Waals surface area contributed by atoms with Gasteiger partial charge >= 0.3 is 0 Å². The molecular formula is C21H31N3O4. The number of pyridine rings is 1. The Morgan fingerprint density at radius 3 is 2.71 bits per heavy atom. The summed E-state index contributed by atoms with van der Waals surface area (Å²) in [5.41, 5.74) is 0.247. The van der Waals surface area contributed by atoms with Gasteiger partial charge in [-0.25, -0.2) is 0 Å². The van der Waals surface area contributed by atoms with E-state index in [4.69, 9.17) is 4.74 Å². The van der Waals surface area contributed by atoms with Crippen molar-refractivity contribution in [3.8, 4) is 0 Å². The van der Waals surface area contributed by atoms with Crippen molar-refractivity contribution >= 4 is 11.8 Å². The topological polar surface area (TPSA) is 89.4 Å². The van der Waals surface area contributed by atoms with Gasteiger partial charge in [0, 0.05) is 56.1 Å². The SMILES string of the molecule is CCn1ccc(C(=O)N[C@H]2CCC[C@@H](CNC(=O)C3CCOCC3)C2)cc1=O. The molecule has 0 bridgehead atoms. The van der Waals surface area contributed by atoms with Crippen LogP contribution in [0.15, 0.2) is 23.1 Å². The van der Waals surface area contributed by atoms with Crippen molar-refractivity contribution in [1.29, 1.82) is 0 Å². The van der Waals surface area contributed by atoms with Crippen LogP contribution < -0.4 is 16.2 Å². The molecule has 28 heavy (non-hydrogen) atoms. The molecule has 0 unspecified atom stereocenters. The van der Waals surface area contributed by atoms with Gasteiger partial charge in [-0.05, 0) is 51.0 Å². The lowest BCUT2D eigenvalue weighted by Gasteiger charge is -2.30. The highest BCUT2D eigenvalue weighted by atomic mass is 16.5. The second-order valence-electron chi connectivity index (χ2n) is 7.87. The Morgan fingerprint density at radius 1 is 1.21 bits per heavy atom. The van der Waals surface area contributed by atoms with Gasteiger partial charge < -0.3 is 19.9 Å². The zero-order valence-corrected chi connectivity index (χ0v) is 16.6. The maximum absolute atomic E-state index is 12.5. The van der Waals surface area contributed by atoms with Gasteiger partial charge in [-0.2, -0.15) is 0 Å². The molecule has 1 saturated heterocycles. The van der Waals surface area contributed by atoms with E-state index in [1.54, 1.807) is 16.8 Å². The van der Waals surface area contributed by atoms with Gasteiger partial charge in [0.15, 0.2) is 0 Å². The molecule has 0 aromatic carbocycles. The summed E-state index contributed by atoms with van der Waals surface area (Å²) in [5.74, 6) is 0.372. The molecule has 2 atom stereocenters. The number of carbonyl (C=O) groups excluding carboxylic acids is 2. The Morgan fingerprint density at radius 2 is 2.00 bits per heavy atom. The average Bonchev–Trinajstić information content (AvgIpc) is 2.73. The number of hydrogen-bond acceptors (Lipinski definition) is 4. The van der Waals surface area contributed by atoms with Crippen molar-refractivity contribution in [3.05, 3.63) is 34.2 Å². The van der Waals surface area contributed by atoms with Crippen LogP contribution in [0.2, 0.25) is 0 Å². The van der Waals surface area contributed by atoms with Gasteiger partial charge in [-0.3, -0.25) is 14.4 Å². The fourth-order valence-corrected chi connectivity index (χ4v) is 4.14. The number of aryl methyl sites for hydroxylation is 1. The first-order chi connectivity index (χ1) is 13.6. The summed E-state index contributed by atoms with van der Waals surface area (Å²) < 4.78 is 6.88. The van der Waals surface area contributed by atoms with Crippen molar-refractivity contribution in [2.45, 2.75) is 58.0 Å². The van der Waals surface area contributed by atoms with Gasteiger partial charge in [0.1, 0.15) is 0 Å². The minimum absolute atomic E-state index is 0.0677. The van der Waals surface area contributed by atoms with E-state index in [0.717, 1.165) is 38.5 Å². The lowest BCUT2D eigenvalue weighted by molar-refractivity contribution is -0.128. The minimum atomic E-state index is -0.197. The molecule has 2 heterocycles. The summed E-state index contributed by atoms with van der Waals surface area (Å²) in [7, 11) is 0. The van der Waals surface area contributed by atoms with Crippen LogP contribution in [0.1, 0.15) is 55.8 Å². The van der Waals surface area contributed by atoms with Crippen molar-refractivity contribution in [3.63, 3.8) is 0 Å². The van der Waals surface area contributed by atoms with Crippen LogP contribution in [0.3, 0.4) is 0 Å². The number of rotatable bonds is 6. The van der Waals surface area contributed by atoms with Gasteiger partial charge in [-0.15, -0.1) is 0 Å². The first-order valence-corrected chi connectivity index (χ1v) is 10.4. The largest absolute Gasteiger partial charge is 0.381 e. The number of amides is 2. The zero-order chi connectivity index (χ0) is 19.9. The molecule has 154 valence electrons. The van der Waals surface area contributed by atoms with Crippen molar-refractivity contribution < 1.29 is 14.3 Å². The van der Waals surface area contributed by atoms with Crippen molar-refractivity contribution in [2.75, 3.05) is 19.8 Å². The Bertz CT molecular complexity index is 739. The average molecular weight is 389 g/mol. The fourth-order valence-electron chi connectivity index (χ4n) is 4.14. The molecule has 2 amide bonds. The van der Waals surface area contributed by atoms with E-state index < -0.39 is 0 Å². The van der Waals surface area contributed by atoms with Crippen LogP contribution in [0, 0.1) is 11.8 Å². The third-order valence-corrected chi connectivity index (χ3v) is 5.87. The molecule has 2 fully saturated rings. The molecule has 3 rings (SSSR count). The van der Waals surface area contributed by atoms with E-state index in [0.29, 0.717) is 37.8 Å². The first kappa shape index (κ1) is 20.6. The molecule has 1 aromatic heterocycles. The van der Waals surface area contributed by atoms with Gasteiger partial charge in [0.05, 0.1) is 0 Å². The molecule has 0 radical (unpaired) electrons. The van der Waals surface area contributed by atoms with Crippen LogP contribution in [0.4, 0.5) is 0 Å². The van der Waals surface area contributed by atoms with Crippen LogP contribution >= 0.6 is 0 Å². The number of nitrogens with one attached hydrogen (secondary N) is 2. The molecule has 1 saturated carbocycles. The highest BCUT2D eigenvalue weighted by molar-refractivity contribution is 5.94. The predicted octanol–water partition coefficient (Wildman–Crippen LogP) is 1.70. The second kappa shape index (κ2) is 9.87. The molecular weight excluding hydrogens is 358 g/mol. The van der Waals surface area contributed by atoms with Crippen LogP contribution in [0.25, 0.3) is 0 Å². The van der Waals surface area contributed by atoms with Gasteiger partial charge in [-0.1, -0.05) is 6.42 Å². The smallest absolute Gasteiger partial charge is 0.251 e. The Labute approximate surface area is 165 Å². The molecule has 2 aliphatic rings. The van der Waals surface area contributed by atoms with Crippen molar-refractivity contribution in [1.82, 2.24) is 15.2 Å². The quantitative estimate of drug-likeness (QED) is 0.775. The molecule has 1 aromatic rings. The monoisotopic (exact) mass is 389 g/mol. The maximum Gasteiger partial charge on any atom is 0.251 e. The molecule has 7 heteroatoms. The van der Waals surface area contributed by atoms with E-state index >= 15 is 0 Å². The highest BCUT2D eigenvalue weighted by Crippen LogP contribution is 2.24. The van der Waals surface area contributed by atoms with Gasteiger partial charge in [0.2, 0.25) is 5.91 Å². The lowest BCUT2D eigenvalue weighted by atomic mass is 9.85. The Hall–Kier alpha value is -2.15. The number of nitrogens with zero attached hydrogens (tertiary/aromatic N) is 1. The summed E-state index contributed by atoms with van der Waals surface area (Å²) in [4.78, 5) is 36.7. The summed E-state index contributed by atoms with van der Waals surface area (Å²) in [6, 6.07) is 3.17.